The normalized spacial score (nSPS) is 14.0. The van der Waals surface area contributed by atoms with Crippen LogP contribution in [0.1, 0.15) is 18.9 Å². The Kier molecular flexibility index (Phi) is 5.50. The van der Waals surface area contributed by atoms with E-state index in [1.807, 2.05) is 6.92 Å². The molecule has 0 saturated carbocycles. The summed E-state index contributed by atoms with van der Waals surface area (Å²) in [5, 5.41) is 3.28. The first-order valence-corrected chi connectivity index (χ1v) is 7.44. The molecule has 4 nitrogen and oxygen atoms in total. The highest BCUT2D eigenvalue weighted by atomic mass is 32.2. The number of aromatic nitrogens is 1. The van der Waals surface area contributed by atoms with Crippen molar-refractivity contribution < 1.29 is 4.21 Å². The van der Waals surface area contributed by atoms with Crippen molar-refractivity contribution in [1.29, 1.82) is 0 Å². The third kappa shape index (κ3) is 4.79. The van der Waals surface area contributed by atoms with Gasteiger partial charge in [0.15, 0.2) is 0 Å². The number of pyridine rings is 1. The van der Waals surface area contributed by atoms with Gasteiger partial charge in [0.1, 0.15) is 4.99 Å². The van der Waals surface area contributed by atoms with Crippen LogP contribution in [0.2, 0.25) is 0 Å². The molecule has 1 aromatic rings. The maximum absolute atomic E-state index is 11.0. The van der Waals surface area contributed by atoms with Gasteiger partial charge >= 0.3 is 0 Å². The summed E-state index contributed by atoms with van der Waals surface area (Å²) < 4.78 is 11.0. The second-order valence-corrected chi connectivity index (χ2v) is 5.89. The molecule has 3 N–H and O–H groups in total. The van der Waals surface area contributed by atoms with Crippen LogP contribution >= 0.6 is 12.2 Å². The van der Waals surface area contributed by atoms with Gasteiger partial charge in [0, 0.05) is 40.6 Å². The van der Waals surface area contributed by atoms with Crippen LogP contribution in [-0.4, -0.2) is 32.2 Å². The standard InChI is InChI=1S/C11H17N3OS2/c1-8(4-6-17(2)15)14-10-7-13-5-3-9(10)11(12)16/h3,5,7-8,14H,4,6H2,1-2H3,(H2,12,16). The van der Waals surface area contributed by atoms with Crippen LogP contribution in [-0.2, 0) is 10.8 Å². The molecule has 0 spiro atoms. The molecule has 94 valence electrons. The molecule has 0 aliphatic rings. The van der Waals surface area contributed by atoms with Crippen molar-refractivity contribution in [3.63, 3.8) is 0 Å². The summed E-state index contributed by atoms with van der Waals surface area (Å²) in [5.74, 6) is 0.677. The monoisotopic (exact) mass is 271 g/mol. The van der Waals surface area contributed by atoms with Crippen LogP contribution < -0.4 is 11.1 Å². The Morgan fingerprint density at radius 1 is 1.71 bits per heavy atom. The van der Waals surface area contributed by atoms with Gasteiger partial charge in [0.05, 0.1) is 11.9 Å². The number of anilines is 1. The molecule has 0 bridgehead atoms. The van der Waals surface area contributed by atoms with Gasteiger partial charge in [0.25, 0.3) is 0 Å². The fraction of sp³-hybridized carbons (Fsp3) is 0.455. The summed E-state index contributed by atoms with van der Waals surface area (Å²) in [7, 11) is -0.764. The number of nitrogens with two attached hydrogens (primary N) is 1. The van der Waals surface area contributed by atoms with Crippen molar-refractivity contribution in [3.8, 4) is 0 Å². The maximum atomic E-state index is 11.0. The van der Waals surface area contributed by atoms with E-state index >= 15 is 0 Å². The third-order valence-electron chi connectivity index (χ3n) is 2.33. The smallest absolute Gasteiger partial charge is 0.106 e. The topological polar surface area (TPSA) is 68.0 Å². The van der Waals surface area contributed by atoms with Gasteiger partial charge in [-0.1, -0.05) is 12.2 Å². The molecular formula is C11H17N3OS2. The van der Waals surface area contributed by atoms with Crippen molar-refractivity contribution in [2.24, 2.45) is 5.73 Å². The lowest BCUT2D eigenvalue weighted by molar-refractivity contribution is 0.678. The highest BCUT2D eigenvalue weighted by Crippen LogP contribution is 2.15. The zero-order valence-electron chi connectivity index (χ0n) is 9.97. The van der Waals surface area contributed by atoms with Gasteiger partial charge in [-0.05, 0) is 19.4 Å². The van der Waals surface area contributed by atoms with E-state index in [1.165, 1.54) is 0 Å². The summed E-state index contributed by atoms with van der Waals surface area (Å²) in [4.78, 5) is 4.39. The number of thiocarbonyl (C=S) groups is 1. The second kappa shape index (κ2) is 6.66. The van der Waals surface area contributed by atoms with Crippen LogP contribution in [0.25, 0.3) is 0 Å². The van der Waals surface area contributed by atoms with E-state index in [0.29, 0.717) is 10.7 Å². The van der Waals surface area contributed by atoms with Crippen LogP contribution in [0.4, 0.5) is 5.69 Å². The first kappa shape index (κ1) is 14.1. The van der Waals surface area contributed by atoms with E-state index in [2.05, 4.69) is 10.3 Å². The largest absolute Gasteiger partial charge is 0.389 e. The third-order valence-corrected chi connectivity index (χ3v) is 3.36. The minimum atomic E-state index is -0.764. The Balaban J connectivity index is 2.67. The lowest BCUT2D eigenvalue weighted by Gasteiger charge is -2.16. The number of hydrogen-bond acceptors (Lipinski definition) is 4. The maximum Gasteiger partial charge on any atom is 0.106 e. The molecule has 17 heavy (non-hydrogen) atoms. The van der Waals surface area contributed by atoms with E-state index in [9.17, 15) is 4.21 Å². The molecular weight excluding hydrogens is 254 g/mol. The van der Waals surface area contributed by atoms with Crippen LogP contribution in [0.5, 0.6) is 0 Å². The first-order valence-electron chi connectivity index (χ1n) is 5.31. The van der Waals surface area contributed by atoms with Gasteiger partial charge in [0.2, 0.25) is 0 Å². The van der Waals surface area contributed by atoms with Crippen molar-refractivity contribution in [2.45, 2.75) is 19.4 Å². The molecule has 1 aromatic heterocycles. The molecule has 0 saturated heterocycles. The van der Waals surface area contributed by atoms with Gasteiger partial charge in [-0.15, -0.1) is 0 Å². The average molecular weight is 271 g/mol. The second-order valence-electron chi connectivity index (χ2n) is 3.90. The first-order chi connectivity index (χ1) is 8.00. The van der Waals surface area contributed by atoms with E-state index in [1.54, 1.807) is 24.7 Å². The summed E-state index contributed by atoms with van der Waals surface area (Å²) in [6, 6.07) is 1.99. The van der Waals surface area contributed by atoms with Crippen LogP contribution in [0.15, 0.2) is 18.5 Å². The summed E-state index contributed by atoms with van der Waals surface area (Å²) in [6.45, 7) is 2.03. The Labute approximate surface area is 109 Å². The van der Waals surface area contributed by atoms with E-state index in [4.69, 9.17) is 18.0 Å². The van der Waals surface area contributed by atoms with Crippen LogP contribution in [0, 0.1) is 0 Å². The fourth-order valence-corrected chi connectivity index (χ4v) is 2.27. The van der Waals surface area contributed by atoms with Crippen molar-refractivity contribution in [3.05, 3.63) is 24.0 Å². The molecule has 0 radical (unpaired) electrons. The highest BCUT2D eigenvalue weighted by molar-refractivity contribution is 7.84. The number of hydrogen-bond donors (Lipinski definition) is 2. The molecule has 2 unspecified atom stereocenters. The minimum Gasteiger partial charge on any atom is -0.389 e. The molecule has 0 aromatic carbocycles. The van der Waals surface area contributed by atoms with E-state index in [-0.39, 0.29) is 6.04 Å². The van der Waals surface area contributed by atoms with Gasteiger partial charge in [-0.3, -0.25) is 9.19 Å². The molecule has 2 atom stereocenters. The van der Waals surface area contributed by atoms with Gasteiger partial charge < -0.3 is 11.1 Å². The predicted molar refractivity (Wildman–Crippen MR) is 76.8 cm³/mol. The van der Waals surface area contributed by atoms with Gasteiger partial charge in [-0.2, -0.15) is 0 Å². The average Bonchev–Trinajstić information content (AvgIpc) is 2.27. The van der Waals surface area contributed by atoms with Crippen molar-refractivity contribution >= 4 is 33.7 Å². The SMILES string of the molecule is CC(CCS(C)=O)Nc1cnccc1C(N)=S. The molecule has 0 fully saturated rings. The number of rotatable bonds is 6. The minimum absolute atomic E-state index is 0.205. The lowest BCUT2D eigenvalue weighted by atomic mass is 10.2. The summed E-state index contributed by atoms with van der Waals surface area (Å²) >= 11 is 4.97. The zero-order chi connectivity index (χ0) is 12.8. The zero-order valence-corrected chi connectivity index (χ0v) is 11.6. The molecule has 1 rings (SSSR count). The van der Waals surface area contributed by atoms with E-state index < -0.39 is 10.8 Å². The fourth-order valence-electron chi connectivity index (χ4n) is 1.40. The predicted octanol–water partition coefficient (Wildman–Crippen LogP) is 1.28. The summed E-state index contributed by atoms with van der Waals surface area (Å²) in [6.07, 6.45) is 5.89. The number of nitrogens with zero attached hydrogens (tertiary/aromatic N) is 1. The van der Waals surface area contributed by atoms with Crippen molar-refractivity contribution in [1.82, 2.24) is 4.98 Å². The van der Waals surface area contributed by atoms with Crippen LogP contribution in [0.3, 0.4) is 0 Å². The van der Waals surface area contributed by atoms with Gasteiger partial charge in [-0.25, -0.2) is 0 Å². The molecule has 0 amide bonds. The highest BCUT2D eigenvalue weighted by Gasteiger charge is 2.08. The Morgan fingerprint density at radius 3 is 3.00 bits per heavy atom. The molecule has 0 aliphatic carbocycles. The van der Waals surface area contributed by atoms with Crippen molar-refractivity contribution in [2.75, 3.05) is 17.3 Å². The van der Waals surface area contributed by atoms with E-state index in [0.717, 1.165) is 17.7 Å². The molecule has 6 heteroatoms. The summed E-state index contributed by atoms with van der Waals surface area (Å²) in [5.41, 5.74) is 7.25. The molecule has 0 aliphatic heterocycles. The number of nitrogens with one attached hydrogen (secondary N) is 1. The Morgan fingerprint density at radius 2 is 2.41 bits per heavy atom. The quantitative estimate of drug-likeness (QED) is 0.763. The Hall–Kier alpha value is -1.01. The lowest BCUT2D eigenvalue weighted by Crippen LogP contribution is -2.21. The molecule has 1 heterocycles. The Bertz CT molecular complexity index is 423.